The van der Waals surface area contributed by atoms with Crippen molar-refractivity contribution in [3.63, 3.8) is 0 Å². The Bertz CT molecular complexity index is 617. The Hall–Kier alpha value is -1.82. The van der Waals surface area contributed by atoms with Crippen LogP contribution < -0.4 is 9.47 Å². The average Bonchev–Trinajstić information content (AvgIpc) is 3.01. The van der Waals surface area contributed by atoms with Crippen LogP contribution in [0.5, 0.6) is 11.5 Å². The molecule has 124 valence electrons. The van der Waals surface area contributed by atoms with Gasteiger partial charge in [0.25, 0.3) is 5.69 Å². The van der Waals surface area contributed by atoms with Crippen molar-refractivity contribution in [3.8, 4) is 11.5 Å². The zero-order valence-corrected chi connectivity index (χ0v) is 13.2. The molecule has 0 radical (unpaired) electrons. The summed E-state index contributed by atoms with van der Waals surface area (Å²) in [6.07, 6.45) is 7.65. The van der Waals surface area contributed by atoms with Gasteiger partial charge in [0.15, 0.2) is 11.5 Å². The van der Waals surface area contributed by atoms with Crippen molar-refractivity contribution in [2.24, 2.45) is 5.92 Å². The molecule has 2 atom stereocenters. The summed E-state index contributed by atoms with van der Waals surface area (Å²) in [6.45, 7) is 1.81. The number of benzene rings is 1. The quantitative estimate of drug-likeness (QED) is 0.630. The standard InChI is InChI=1S/C17H22N2O4/c20-19(21)15-9-17-16(22-11-23-17)8-13(15)10-18-7-3-5-12-4-1-2-6-14(12)18/h8-9,12,14H,1-7,10-11H2. The number of nitro benzene ring substituents is 1. The highest BCUT2D eigenvalue weighted by atomic mass is 16.7. The maximum absolute atomic E-state index is 11.4. The number of likely N-dealkylation sites (tertiary alicyclic amines) is 1. The van der Waals surface area contributed by atoms with Crippen LogP contribution in [-0.2, 0) is 6.54 Å². The Morgan fingerprint density at radius 2 is 1.87 bits per heavy atom. The Kier molecular flexibility index (Phi) is 3.85. The molecule has 6 heteroatoms. The third-order valence-corrected chi connectivity index (χ3v) is 5.50. The fourth-order valence-electron chi connectivity index (χ4n) is 4.41. The monoisotopic (exact) mass is 318 g/mol. The molecule has 2 aliphatic heterocycles. The van der Waals surface area contributed by atoms with Crippen molar-refractivity contribution in [2.45, 2.75) is 51.1 Å². The Morgan fingerprint density at radius 1 is 1.13 bits per heavy atom. The number of ether oxygens (including phenoxy) is 2. The molecule has 1 aromatic carbocycles. The first-order chi connectivity index (χ1) is 11.2. The molecule has 23 heavy (non-hydrogen) atoms. The van der Waals surface area contributed by atoms with Crippen molar-refractivity contribution >= 4 is 5.69 Å². The predicted octanol–water partition coefficient (Wildman–Crippen LogP) is 3.48. The van der Waals surface area contributed by atoms with Crippen LogP contribution >= 0.6 is 0 Å². The van der Waals surface area contributed by atoms with Gasteiger partial charge in [-0.05, 0) is 44.2 Å². The molecule has 1 aromatic rings. The van der Waals surface area contributed by atoms with Gasteiger partial charge in [-0.1, -0.05) is 12.8 Å². The molecule has 4 rings (SSSR count). The molecule has 0 aromatic heterocycles. The number of piperidine rings is 1. The first kappa shape index (κ1) is 14.8. The van der Waals surface area contributed by atoms with Crippen LogP contribution in [0.4, 0.5) is 5.69 Å². The van der Waals surface area contributed by atoms with Crippen LogP contribution in [0.3, 0.4) is 0 Å². The van der Waals surface area contributed by atoms with Gasteiger partial charge in [0, 0.05) is 18.2 Å². The lowest BCUT2D eigenvalue weighted by Gasteiger charge is -2.44. The van der Waals surface area contributed by atoms with Gasteiger partial charge in [0.1, 0.15) is 0 Å². The third kappa shape index (κ3) is 2.76. The molecule has 2 heterocycles. The lowest BCUT2D eigenvalue weighted by atomic mass is 9.78. The SMILES string of the molecule is O=[N+]([O-])c1cc2c(cc1CN1CCCC3CCCCC31)OCO2. The summed E-state index contributed by atoms with van der Waals surface area (Å²) < 4.78 is 10.7. The van der Waals surface area contributed by atoms with E-state index >= 15 is 0 Å². The van der Waals surface area contributed by atoms with E-state index in [1.807, 2.05) is 0 Å². The molecular weight excluding hydrogens is 296 g/mol. The van der Waals surface area contributed by atoms with Gasteiger partial charge in [-0.25, -0.2) is 0 Å². The van der Waals surface area contributed by atoms with Gasteiger partial charge >= 0.3 is 0 Å². The minimum absolute atomic E-state index is 0.143. The van der Waals surface area contributed by atoms with Gasteiger partial charge in [-0.2, -0.15) is 0 Å². The molecular formula is C17H22N2O4. The van der Waals surface area contributed by atoms with Crippen LogP contribution in [0, 0.1) is 16.0 Å². The van der Waals surface area contributed by atoms with Gasteiger partial charge in [-0.3, -0.25) is 15.0 Å². The van der Waals surface area contributed by atoms with Gasteiger partial charge in [-0.15, -0.1) is 0 Å². The Labute approximate surface area is 135 Å². The highest BCUT2D eigenvalue weighted by Gasteiger charge is 2.34. The van der Waals surface area contributed by atoms with Crippen LogP contribution in [0.2, 0.25) is 0 Å². The molecule has 1 aliphatic carbocycles. The van der Waals surface area contributed by atoms with E-state index < -0.39 is 0 Å². The van der Waals surface area contributed by atoms with Crippen LogP contribution in [0.25, 0.3) is 0 Å². The summed E-state index contributed by atoms with van der Waals surface area (Å²) in [5.74, 6) is 1.88. The van der Waals surface area contributed by atoms with E-state index in [4.69, 9.17) is 9.47 Å². The second kappa shape index (κ2) is 6.00. The van der Waals surface area contributed by atoms with Crippen molar-refractivity contribution in [1.29, 1.82) is 0 Å². The van der Waals surface area contributed by atoms with Crippen LogP contribution in [0.1, 0.15) is 44.1 Å². The maximum atomic E-state index is 11.4. The van der Waals surface area contributed by atoms with Crippen LogP contribution in [-0.4, -0.2) is 29.2 Å². The first-order valence-electron chi connectivity index (χ1n) is 8.53. The van der Waals surface area contributed by atoms with E-state index in [0.717, 1.165) is 18.0 Å². The number of fused-ring (bicyclic) bond motifs is 2. The Balaban J connectivity index is 1.61. The number of rotatable bonds is 3. The molecule has 0 spiro atoms. The molecule has 2 unspecified atom stereocenters. The molecule has 6 nitrogen and oxygen atoms in total. The van der Waals surface area contributed by atoms with E-state index in [2.05, 4.69) is 4.90 Å². The minimum Gasteiger partial charge on any atom is -0.454 e. The lowest BCUT2D eigenvalue weighted by molar-refractivity contribution is -0.385. The smallest absolute Gasteiger partial charge is 0.277 e. The fourth-order valence-corrected chi connectivity index (χ4v) is 4.41. The zero-order valence-electron chi connectivity index (χ0n) is 13.2. The summed E-state index contributed by atoms with van der Waals surface area (Å²) in [7, 11) is 0. The molecule has 0 amide bonds. The van der Waals surface area contributed by atoms with Crippen molar-refractivity contribution < 1.29 is 14.4 Å². The van der Waals surface area contributed by atoms with E-state index in [1.54, 1.807) is 6.07 Å². The number of hydrogen-bond donors (Lipinski definition) is 0. The Morgan fingerprint density at radius 3 is 2.70 bits per heavy atom. The lowest BCUT2D eigenvalue weighted by Crippen LogP contribution is -2.46. The second-order valence-corrected chi connectivity index (χ2v) is 6.82. The third-order valence-electron chi connectivity index (χ3n) is 5.50. The fraction of sp³-hybridized carbons (Fsp3) is 0.647. The van der Waals surface area contributed by atoms with Gasteiger partial charge in [0.05, 0.1) is 11.0 Å². The first-order valence-corrected chi connectivity index (χ1v) is 8.53. The van der Waals surface area contributed by atoms with Crippen LogP contribution in [0.15, 0.2) is 12.1 Å². The molecule has 3 aliphatic rings. The number of nitrogens with zero attached hydrogens (tertiary/aromatic N) is 2. The van der Waals surface area contributed by atoms with E-state index in [9.17, 15) is 10.1 Å². The average molecular weight is 318 g/mol. The predicted molar refractivity (Wildman–Crippen MR) is 84.6 cm³/mol. The normalized spacial score (nSPS) is 26.8. The highest BCUT2D eigenvalue weighted by molar-refractivity contribution is 5.55. The molecule has 2 fully saturated rings. The summed E-state index contributed by atoms with van der Waals surface area (Å²) >= 11 is 0. The molecule has 1 saturated carbocycles. The second-order valence-electron chi connectivity index (χ2n) is 6.82. The topological polar surface area (TPSA) is 64.8 Å². The summed E-state index contributed by atoms with van der Waals surface area (Å²) in [5, 5.41) is 11.4. The number of nitro groups is 1. The molecule has 0 bridgehead atoms. The minimum atomic E-state index is -0.306. The molecule has 1 saturated heterocycles. The van der Waals surface area contributed by atoms with Crippen molar-refractivity contribution in [2.75, 3.05) is 13.3 Å². The van der Waals surface area contributed by atoms with Gasteiger partial charge < -0.3 is 9.47 Å². The van der Waals surface area contributed by atoms with Gasteiger partial charge in [0.2, 0.25) is 6.79 Å². The highest BCUT2D eigenvalue weighted by Crippen LogP contribution is 2.40. The van der Waals surface area contributed by atoms with Crippen molar-refractivity contribution in [3.05, 3.63) is 27.8 Å². The van der Waals surface area contributed by atoms with E-state index in [1.165, 1.54) is 44.6 Å². The molecule has 0 N–H and O–H groups in total. The summed E-state index contributed by atoms with van der Waals surface area (Å²) in [6, 6.07) is 3.90. The largest absolute Gasteiger partial charge is 0.454 e. The zero-order chi connectivity index (χ0) is 15.8. The summed E-state index contributed by atoms with van der Waals surface area (Å²) in [4.78, 5) is 13.6. The number of hydrogen-bond acceptors (Lipinski definition) is 5. The maximum Gasteiger partial charge on any atom is 0.277 e. The summed E-state index contributed by atoms with van der Waals surface area (Å²) in [5.41, 5.74) is 0.887. The van der Waals surface area contributed by atoms with E-state index in [-0.39, 0.29) is 17.4 Å². The van der Waals surface area contributed by atoms with Crippen molar-refractivity contribution in [1.82, 2.24) is 4.90 Å². The van der Waals surface area contributed by atoms with E-state index in [0.29, 0.717) is 24.1 Å².